The molecular formula is C27H22FN7O2. The summed E-state index contributed by atoms with van der Waals surface area (Å²) >= 11 is 0. The summed E-state index contributed by atoms with van der Waals surface area (Å²) in [4.78, 5) is 25.4. The number of nitrogens with zero attached hydrogens (tertiary/aromatic N) is 5. The summed E-state index contributed by atoms with van der Waals surface area (Å²) < 4.78 is 17.2. The van der Waals surface area contributed by atoms with Gasteiger partial charge < -0.3 is 15.4 Å². The van der Waals surface area contributed by atoms with Crippen LogP contribution < -0.4 is 10.9 Å². The van der Waals surface area contributed by atoms with Gasteiger partial charge in [-0.15, -0.1) is 0 Å². The molecule has 0 saturated heterocycles. The lowest BCUT2D eigenvalue weighted by Crippen LogP contribution is -2.29. The molecule has 4 aromatic heterocycles. The lowest BCUT2D eigenvalue weighted by atomic mass is 10.0. The average molecular weight is 496 g/mol. The molecular weight excluding hydrogens is 473 g/mol. The Bertz CT molecular complexity index is 1840. The zero-order valence-electron chi connectivity index (χ0n) is 20.0. The fourth-order valence-corrected chi connectivity index (χ4v) is 4.62. The van der Waals surface area contributed by atoms with Crippen LogP contribution in [0.15, 0.2) is 78.1 Å². The number of aromatic nitrogens is 6. The molecule has 4 heterocycles. The Morgan fingerprint density at radius 3 is 2.70 bits per heavy atom. The molecule has 0 bridgehead atoms. The van der Waals surface area contributed by atoms with Gasteiger partial charge in [-0.2, -0.15) is 5.10 Å². The number of hydrogen-bond acceptors (Lipinski definition) is 6. The predicted octanol–water partition coefficient (Wildman–Crippen LogP) is 4.75. The summed E-state index contributed by atoms with van der Waals surface area (Å²) in [6, 6.07) is 14.5. The molecule has 9 nitrogen and oxygen atoms in total. The van der Waals surface area contributed by atoms with Crippen molar-refractivity contribution in [2.45, 2.75) is 19.9 Å². The number of aryl methyl sites for hydroxylation is 1. The smallest absolute Gasteiger partial charge is 0.282 e. The molecule has 0 saturated carbocycles. The third kappa shape index (κ3) is 3.70. The molecule has 0 aliphatic rings. The second-order valence-corrected chi connectivity index (χ2v) is 8.80. The van der Waals surface area contributed by atoms with Gasteiger partial charge in [-0.1, -0.05) is 18.2 Å². The first kappa shape index (κ1) is 22.5. The van der Waals surface area contributed by atoms with Gasteiger partial charge in [0.15, 0.2) is 5.82 Å². The largest absolute Gasteiger partial charge is 0.507 e. The monoisotopic (exact) mass is 495 g/mol. The van der Waals surface area contributed by atoms with Crippen LogP contribution in [-0.4, -0.2) is 34.2 Å². The van der Waals surface area contributed by atoms with E-state index in [1.165, 1.54) is 24.5 Å². The zero-order chi connectivity index (χ0) is 25.7. The van der Waals surface area contributed by atoms with E-state index in [0.29, 0.717) is 45.0 Å². The fourth-order valence-electron chi connectivity index (χ4n) is 4.62. The summed E-state index contributed by atoms with van der Waals surface area (Å²) in [5.74, 6) is 0.359. The van der Waals surface area contributed by atoms with Crippen molar-refractivity contribution < 1.29 is 9.50 Å². The quantitative estimate of drug-likeness (QED) is 0.318. The Labute approximate surface area is 209 Å². The second kappa shape index (κ2) is 8.59. The number of rotatable bonds is 5. The molecule has 0 radical (unpaired) electrons. The molecule has 0 spiro atoms. The van der Waals surface area contributed by atoms with Crippen molar-refractivity contribution >= 4 is 22.4 Å². The Morgan fingerprint density at radius 2 is 1.89 bits per heavy atom. The Morgan fingerprint density at radius 1 is 1.08 bits per heavy atom. The molecule has 184 valence electrons. The van der Waals surface area contributed by atoms with Crippen molar-refractivity contribution in [3.05, 3.63) is 101 Å². The van der Waals surface area contributed by atoms with E-state index in [1.54, 1.807) is 21.5 Å². The molecule has 1 unspecified atom stereocenters. The lowest BCUT2D eigenvalue weighted by Gasteiger charge is -2.20. The molecule has 0 fully saturated rings. The van der Waals surface area contributed by atoms with Crippen molar-refractivity contribution in [3.8, 4) is 22.6 Å². The molecule has 0 amide bonds. The number of H-pyrrole nitrogens is 1. The first-order chi connectivity index (χ1) is 17.9. The highest BCUT2D eigenvalue weighted by molar-refractivity contribution is 6.02. The number of fused-ring (bicyclic) bond motifs is 2. The van der Waals surface area contributed by atoms with Gasteiger partial charge in [0.05, 0.1) is 17.1 Å². The van der Waals surface area contributed by atoms with E-state index in [0.717, 1.165) is 5.56 Å². The fraction of sp³-hybridized carbons (Fsp3) is 0.111. The van der Waals surface area contributed by atoms with Crippen LogP contribution in [0.2, 0.25) is 0 Å². The Hall–Kier alpha value is -4.99. The third-order valence-corrected chi connectivity index (χ3v) is 6.39. The summed E-state index contributed by atoms with van der Waals surface area (Å²) in [6.45, 7) is 3.76. The Balaban J connectivity index is 1.51. The molecule has 1 atom stereocenters. The highest BCUT2D eigenvalue weighted by Gasteiger charge is 2.22. The molecule has 3 N–H and O–H groups in total. The Kier molecular flexibility index (Phi) is 5.22. The normalized spacial score (nSPS) is 12.3. The number of benzene rings is 2. The number of aromatic amines is 1. The van der Waals surface area contributed by atoms with Crippen molar-refractivity contribution in [2.24, 2.45) is 0 Å². The molecule has 0 aliphatic heterocycles. The van der Waals surface area contributed by atoms with Gasteiger partial charge in [-0.3, -0.25) is 9.36 Å². The number of nitrogens with one attached hydrogen (secondary N) is 2. The minimum absolute atomic E-state index is 0.0711. The summed E-state index contributed by atoms with van der Waals surface area (Å²) in [7, 11) is 0. The number of phenols is 1. The summed E-state index contributed by atoms with van der Waals surface area (Å²) in [5.41, 5.74) is 3.18. The SMILES string of the molecule is Cc1ccn2nc(C(C)Nc3ncnc4[nH]cc(-c5cc(F)ccc5O)c34)n(-c3ccccc3)c(=O)c12. The maximum atomic E-state index is 14.0. The van der Waals surface area contributed by atoms with Gasteiger partial charge in [0.1, 0.15) is 34.9 Å². The first-order valence-corrected chi connectivity index (χ1v) is 11.7. The lowest BCUT2D eigenvalue weighted by molar-refractivity contribution is 0.475. The van der Waals surface area contributed by atoms with Crippen molar-refractivity contribution in [2.75, 3.05) is 5.32 Å². The highest BCUT2D eigenvalue weighted by atomic mass is 19.1. The van der Waals surface area contributed by atoms with E-state index in [2.05, 4.69) is 20.3 Å². The molecule has 37 heavy (non-hydrogen) atoms. The van der Waals surface area contributed by atoms with E-state index in [9.17, 15) is 14.3 Å². The van der Waals surface area contributed by atoms with E-state index >= 15 is 0 Å². The van der Waals surface area contributed by atoms with Gasteiger partial charge in [0.25, 0.3) is 5.56 Å². The average Bonchev–Trinajstić information content (AvgIpc) is 3.50. The number of aromatic hydroxyl groups is 1. The van der Waals surface area contributed by atoms with Crippen LogP contribution in [-0.2, 0) is 0 Å². The highest BCUT2D eigenvalue weighted by Crippen LogP contribution is 2.37. The third-order valence-electron chi connectivity index (χ3n) is 6.39. The van der Waals surface area contributed by atoms with Gasteiger partial charge in [0.2, 0.25) is 0 Å². The molecule has 0 aliphatic carbocycles. The van der Waals surface area contributed by atoms with E-state index in [4.69, 9.17) is 5.10 Å². The van der Waals surface area contributed by atoms with Crippen LogP contribution in [0.25, 0.3) is 33.4 Å². The van der Waals surface area contributed by atoms with Gasteiger partial charge in [0, 0.05) is 23.5 Å². The van der Waals surface area contributed by atoms with Crippen LogP contribution in [0.1, 0.15) is 24.4 Å². The van der Waals surface area contributed by atoms with Gasteiger partial charge in [-0.25, -0.2) is 18.9 Å². The molecule has 10 heteroatoms. The first-order valence-electron chi connectivity index (χ1n) is 11.7. The number of halogens is 1. The zero-order valence-corrected chi connectivity index (χ0v) is 20.0. The maximum Gasteiger partial charge on any atom is 0.282 e. The number of hydrogen-bond donors (Lipinski definition) is 3. The summed E-state index contributed by atoms with van der Waals surface area (Å²) in [6.07, 6.45) is 4.81. The van der Waals surface area contributed by atoms with E-state index < -0.39 is 11.9 Å². The van der Waals surface area contributed by atoms with Crippen LogP contribution >= 0.6 is 0 Å². The predicted molar refractivity (Wildman–Crippen MR) is 139 cm³/mol. The topological polar surface area (TPSA) is 113 Å². The molecule has 6 rings (SSSR count). The van der Waals surface area contributed by atoms with E-state index in [-0.39, 0.29) is 11.3 Å². The van der Waals surface area contributed by atoms with Crippen molar-refractivity contribution in [1.82, 2.24) is 29.1 Å². The number of para-hydroxylation sites is 1. The van der Waals surface area contributed by atoms with Crippen LogP contribution in [0.5, 0.6) is 5.75 Å². The van der Waals surface area contributed by atoms with Gasteiger partial charge in [-0.05, 0) is 55.8 Å². The number of anilines is 1. The second-order valence-electron chi connectivity index (χ2n) is 8.80. The molecule has 6 aromatic rings. The van der Waals surface area contributed by atoms with Crippen LogP contribution in [0.4, 0.5) is 10.2 Å². The van der Waals surface area contributed by atoms with Crippen molar-refractivity contribution in [1.29, 1.82) is 0 Å². The minimum Gasteiger partial charge on any atom is -0.507 e. The number of phenolic OH excluding ortho intramolecular Hbond substituents is 1. The van der Waals surface area contributed by atoms with Gasteiger partial charge >= 0.3 is 0 Å². The molecule has 2 aromatic carbocycles. The van der Waals surface area contributed by atoms with Crippen LogP contribution in [0, 0.1) is 12.7 Å². The summed E-state index contributed by atoms with van der Waals surface area (Å²) in [5, 5.41) is 19.1. The van der Waals surface area contributed by atoms with Crippen molar-refractivity contribution in [3.63, 3.8) is 0 Å². The maximum absolute atomic E-state index is 14.0. The minimum atomic E-state index is -0.484. The van der Waals surface area contributed by atoms with Crippen LogP contribution in [0.3, 0.4) is 0 Å². The standard InChI is InChI=1S/C27H22FN7O2/c1-15-10-11-34-23(15)27(37)35(18-6-4-3-5-7-18)26(33-34)16(2)32-25-22-20(13-29-24(22)30-14-31-25)19-12-17(28)8-9-21(19)36/h3-14,16,36H,1-2H3,(H2,29,30,31,32). The van der Waals surface area contributed by atoms with E-state index in [1.807, 2.05) is 50.2 Å².